The van der Waals surface area contributed by atoms with Gasteiger partial charge in [-0.25, -0.2) is 4.98 Å². The number of aryl methyl sites for hydroxylation is 2. The average Bonchev–Trinajstić information content (AvgIpc) is 3.41. The van der Waals surface area contributed by atoms with Gasteiger partial charge >= 0.3 is 0 Å². The quantitative estimate of drug-likeness (QED) is 0.493. The molecule has 1 saturated carbocycles. The molecule has 33 heavy (non-hydrogen) atoms. The summed E-state index contributed by atoms with van der Waals surface area (Å²) in [7, 11) is 3.87. The molecule has 1 aliphatic carbocycles. The molecule has 0 spiro atoms. The van der Waals surface area contributed by atoms with Gasteiger partial charge < -0.3 is 15.0 Å². The van der Waals surface area contributed by atoms with Gasteiger partial charge in [0.1, 0.15) is 5.69 Å². The van der Waals surface area contributed by atoms with Crippen molar-refractivity contribution in [1.29, 1.82) is 0 Å². The molecule has 2 atom stereocenters. The molecule has 8 nitrogen and oxygen atoms in total. The second kappa shape index (κ2) is 8.78. The van der Waals surface area contributed by atoms with Gasteiger partial charge in [0, 0.05) is 44.7 Å². The number of aromatic nitrogens is 5. The number of rotatable bonds is 5. The summed E-state index contributed by atoms with van der Waals surface area (Å²) in [6.45, 7) is 0. The Kier molecular flexibility index (Phi) is 5.68. The summed E-state index contributed by atoms with van der Waals surface area (Å²) in [6, 6.07) is 7.62. The van der Waals surface area contributed by atoms with Crippen molar-refractivity contribution in [2.24, 2.45) is 14.1 Å². The highest BCUT2D eigenvalue weighted by Crippen LogP contribution is 2.24. The number of amides is 1. The first kappa shape index (κ1) is 21.3. The second-order valence-electron chi connectivity index (χ2n) is 8.89. The molecule has 170 valence electrons. The molecule has 1 aliphatic rings. The zero-order valence-electron chi connectivity index (χ0n) is 18.9. The molecule has 0 aromatic carbocycles. The molecule has 2 N–H and O–H groups in total. The van der Waals surface area contributed by atoms with Crippen LogP contribution in [0.5, 0.6) is 0 Å². The molecule has 0 bridgehead atoms. The van der Waals surface area contributed by atoms with Crippen LogP contribution < -0.4 is 5.32 Å². The molecule has 1 amide bonds. The molecule has 0 saturated heterocycles. The summed E-state index contributed by atoms with van der Waals surface area (Å²) in [5, 5.41) is 17.4. The van der Waals surface area contributed by atoms with Crippen LogP contribution in [-0.4, -0.2) is 47.5 Å². The zero-order valence-corrected chi connectivity index (χ0v) is 18.9. The van der Waals surface area contributed by atoms with Crippen molar-refractivity contribution in [2.45, 2.75) is 44.2 Å². The number of nitrogens with one attached hydrogen (secondary N) is 1. The maximum absolute atomic E-state index is 13.0. The van der Waals surface area contributed by atoms with E-state index in [1.807, 2.05) is 55.5 Å². The highest BCUT2D eigenvalue weighted by Gasteiger charge is 2.26. The number of fused-ring (bicyclic) bond motifs is 1. The Balaban J connectivity index is 1.42. The zero-order chi connectivity index (χ0) is 22.9. The van der Waals surface area contributed by atoms with E-state index in [9.17, 15) is 9.90 Å². The first-order chi connectivity index (χ1) is 16.0. The first-order valence-electron chi connectivity index (χ1n) is 11.4. The van der Waals surface area contributed by atoms with E-state index in [1.54, 1.807) is 10.9 Å². The van der Waals surface area contributed by atoms with Crippen LogP contribution in [-0.2, 0) is 20.5 Å². The van der Waals surface area contributed by atoms with Crippen molar-refractivity contribution < 1.29 is 9.90 Å². The van der Waals surface area contributed by atoms with E-state index in [0.29, 0.717) is 12.1 Å². The van der Waals surface area contributed by atoms with Crippen molar-refractivity contribution in [2.75, 3.05) is 0 Å². The van der Waals surface area contributed by atoms with Gasteiger partial charge in [-0.2, -0.15) is 5.10 Å². The van der Waals surface area contributed by atoms with Crippen LogP contribution in [0.3, 0.4) is 0 Å². The van der Waals surface area contributed by atoms with E-state index >= 15 is 0 Å². The molecular formula is C25H28N6O2. The Morgan fingerprint density at radius 2 is 2.03 bits per heavy atom. The number of aliphatic hydroxyl groups excluding tert-OH is 1. The van der Waals surface area contributed by atoms with Crippen LogP contribution in [0.1, 0.15) is 47.3 Å². The molecule has 1 fully saturated rings. The van der Waals surface area contributed by atoms with Gasteiger partial charge in [-0.3, -0.25) is 14.5 Å². The van der Waals surface area contributed by atoms with Crippen molar-refractivity contribution >= 4 is 16.9 Å². The van der Waals surface area contributed by atoms with Gasteiger partial charge in [0.2, 0.25) is 0 Å². The summed E-state index contributed by atoms with van der Waals surface area (Å²) < 4.78 is 3.79. The lowest BCUT2D eigenvalue weighted by molar-refractivity contribution is 0.0714. The monoisotopic (exact) mass is 444 g/mol. The third-order valence-corrected chi connectivity index (χ3v) is 6.41. The third-order valence-electron chi connectivity index (χ3n) is 6.41. The molecule has 0 radical (unpaired) electrons. The van der Waals surface area contributed by atoms with Crippen LogP contribution in [0.4, 0.5) is 0 Å². The van der Waals surface area contributed by atoms with E-state index in [1.165, 1.54) is 0 Å². The van der Waals surface area contributed by atoms with Crippen LogP contribution in [0.15, 0.2) is 49.1 Å². The smallest absolute Gasteiger partial charge is 0.270 e. The highest BCUT2D eigenvalue weighted by atomic mass is 16.3. The average molecular weight is 445 g/mol. The minimum absolute atomic E-state index is 0.216. The molecule has 8 heteroatoms. The van der Waals surface area contributed by atoms with E-state index < -0.39 is 6.10 Å². The minimum atomic E-state index is -0.493. The highest BCUT2D eigenvalue weighted by molar-refractivity contribution is 5.95. The number of hydrogen-bond donors (Lipinski definition) is 2. The molecule has 0 aliphatic heterocycles. The summed E-state index contributed by atoms with van der Waals surface area (Å²) >= 11 is 0. The van der Waals surface area contributed by atoms with Gasteiger partial charge in [0.15, 0.2) is 0 Å². The number of nitrogens with zero attached hydrogens (tertiary/aromatic N) is 5. The number of pyridine rings is 2. The Hall–Kier alpha value is -3.52. The van der Waals surface area contributed by atoms with Crippen molar-refractivity contribution in [3.8, 4) is 11.3 Å². The minimum Gasteiger partial charge on any atom is -0.391 e. The fourth-order valence-electron chi connectivity index (χ4n) is 4.64. The SMILES string of the molecule is Cn1cc(-c2ccc(Cc3cc(C(=O)N[C@H]4CCCC[C@@H]4O)nc4ccn(C)c34)cn2)cn1. The molecular weight excluding hydrogens is 416 g/mol. The van der Waals surface area contributed by atoms with E-state index in [2.05, 4.69) is 26.4 Å². The molecule has 0 unspecified atom stereocenters. The number of carbonyl (C=O) groups excluding carboxylic acids is 1. The normalized spacial score (nSPS) is 18.5. The van der Waals surface area contributed by atoms with Crippen molar-refractivity contribution in [3.05, 3.63) is 65.9 Å². The van der Waals surface area contributed by atoms with Crippen molar-refractivity contribution in [1.82, 2.24) is 29.6 Å². The van der Waals surface area contributed by atoms with Gasteiger partial charge in [0.05, 0.1) is 35.1 Å². The first-order valence-corrected chi connectivity index (χ1v) is 11.4. The van der Waals surface area contributed by atoms with E-state index in [0.717, 1.165) is 59.1 Å². The summed E-state index contributed by atoms with van der Waals surface area (Å²) in [4.78, 5) is 22.2. The Labute approximate surface area is 192 Å². The molecule has 4 aromatic rings. The van der Waals surface area contributed by atoms with Gasteiger partial charge in [0.25, 0.3) is 5.91 Å². The molecule has 4 heterocycles. The van der Waals surface area contributed by atoms with E-state index in [4.69, 9.17) is 0 Å². The van der Waals surface area contributed by atoms with Crippen molar-refractivity contribution in [3.63, 3.8) is 0 Å². The standard InChI is InChI=1S/C25H28N6O2/c1-30-10-9-21-24(30)17(11-16-7-8-19(26-13-16)18-14-27-31(2)15-18)12-22(28-21)25(33)29-20-5-3-4-6-23(20)32/h7-10,12-15,20,23,32H,3-6,11H2,1-2H3,(H,29,33)/t20-,23-/m0/s1. The molecule has 5 rings (SSSR count). The number of carbonyl (C=O) groups is 1. The van der Waals surface area contributed by atoms with Gasteiger partial charge in [-0.05, 0) is 42.2 Å². The second-order valence-corrected chi connectivity index (χ2v) is 8.89. The maximum Gasteiger partial charge on any atom is 0.270 e. The Bertz CT molecular complexity index is 1290. The lowest BCUT2D eigenvalue weighted by Gasteiger charge is -2.28. The van der Waals surface area contributed by atoms with Crippen LogP contribution in [0.25, 0.3) is 22.3 Å². The lowest BCUT2D eigenvalue weighted by atomic mass is 9.92. The van der Waals surface area contributed by atoms with Crippen LogP contribution in [0, 0.1) is 0 Å². The fourth-order valence-corrected chi connectivity index (χ4v) is 4.64. The summed E-state index contributed by atoms with van der Waals surface area (Å²) in [5.41, 5.74) is 6.06. The topological polar surface area (TPSA) is 97.9 Å². The van der Waals surface area contributed by atoms with Crippen LogP contribution in [0.2, 0.25) is 0 Å². The summed E-state index contributed by atoms with van der Waals surface area (Å²) in [6.07, 6.45) is 11.2. The fraction of sp³-hybridized carbons (Fsp3) is 0.360. The van der Waals surface area contributed by atoms with Gasteiger partial charge in [-0.1, -0.05) is 18.9 Å². The predicted molar refractivity (Wildman–Crippen MR) is 126 cm³/mol. The third kappa shape index (κ3) is 4.39. The maximum atomic E-state index is 13.0. The Morgan fingerprint density at radius 3 is 2.76 bits per heavy atom. The predicted octanol–water partition coefficient (Wildman–Crippen LogP) is 2.99. The van der Waals surface area contributed by atoms with Gasteiger partial charge in [-0.15, -0.1) is 0 Å². The number of aliphatic hydroxyl groups is 1. The number of hydrogen-bond acceptors (Lipinski definition) is 5. The summed E-state index contributed by atoms with van der Waals surface area (Å²) in [5.74, 6) is -0.238. The van der Waals surface area contributed by atoms with E-state index in [-0.39, 0.29) is 11.9 Å². The molecule has 4 aromatic heterocycles. The lowest BCUT2D eigenvalue weighted by Crippen LogP contribution is -2.45. The largest absolute Gasteiger partial charge is 0.391 e. The van der Waals surface area contributed by atoms with Crippen LogP contribution >= 0.6 is 0 Å². The Morgan fingerprint density at radius 1 is 1.18 bits per heavy atom.